The van der Waals surface area contributed by atoms with Crippen LogP contribution >= 0.6 is 11.8 Å². The van der Waals surface area contributed by atoms with Gasteiger partial charge in [0.2, 0.25) is 5.91 Å². The number of benzene rings is 1. The van der Waals surface area contributed by atoms with Crippen LogP contribution in [0.4, 0.5) is 5.82 Å². The number of nitriles is 1. The molecule has 2 heterocycles. The van der Waals surface area contributed by atoms with Crippen molar-refractivity contribution in [3.63, 3.8) is 0 Å². The Labute approximate surface area is 147 Å². The minimum Gasteiger partial charge on any atom is -0.308 e. The summed E-state index contributed by atoms with van der Waals surface area (Å²) in [5.41, 5.74) is 0.752. The van der Waals surface area contributed by atoms with Gasteiger partial charge in [0, 0.05) is 0 Å². The van der Waals surface area contributed by atoms with E-state index in [0.29, 0.717) is 5.03 Å². The zero-order valence-electron chi connectivity index (χ0n) is 13.4. The number of hydrogen-bond acceptors (Lipinski definition) is 6. The molecule has 2 aromatic rings. The average Bonchev–Trinajstić information content (AvgIpc) is 3.13. The molecule has 0 saturated heterocycles. The zero-order chi connectivity index (χ0) is 18.1. The number of anilines is 1. The summed E-state index contributed by atoms with van der Waals surface area (Å²) in [5, 5.41) is 18.7. The first-order chi connectivity index (χ1) is 12.0. The van der Waals surface area contributed by atoms with E-state index < -0.39 is 23.8 Å². The molecule has 0 bridgehead atoms. The van der Waals surface area contributed by atoms with Gasteiger partial charge in [-0.25, -0.2) is 0 Å². The van der Waals surface area contributed by atoms with E-state index in [-0.39, 0.29) is 22.5 Å². The molecule has 0 aliphatic carbocycles. The van der Waals surface area contributed by atoms with Gasteiger partial charge in [-0.3, -0.25) is 24.4 Å². The van der Waals surface area contributed by atoms with Gasteiger partial charge in [0.05, 0.1) is 11.1 Å². The van der Waals surface area contributed by atoms with Crippen molar-refractivity contribution in [1.82, 2.24) is 15.1 Å². The molecule has 25 heavy (non-hydrogen) atoms. The largest absolute Gasteiger partial charge is 0.308 e. The zero-order valence-corrected chi connectivity index (χ0v) is 14.2. The second-order valence-corrected chi connectivity index (χ2v) is 6.08. The number of nitrogens with zero attached hydrogens (tertiary/aromatic N) is 3. The smallest absolute Gasteiger partial charge is 0.262 e. The van der Waals surface area contributed by atoms with Crippen LogP contribution in [0.1, 0.15) is 33.2 Å². The van der Waals surface area contributed by atoms with Crippen LogP contribution in [-0.4, -0.2) is 45.1 Å². The molecule has 1 atom stereocenters. The van der Waals surface area contributed by atoms with E-state index in [1.807, 2.05) is 6.07 Å². The molecule has 0 fully saturated rings. The normalized spacial score (nSPS) is 14.2. The number of aromatic amines is 1. The van der Waals surface area contributed by atoms with Crippen LogP contribution in [-0.2, 0) is 4.79 Å². The van der Waals surface area contributed by atoms with Gasteiger partial charge in [0.25, 0.3) is 11.8 Å². The molecule has 0 radical (unpaired) electrons. The van der Waals surface area contributed by atoms with Gasteiger partial charge in [0.1, 0.15) is 28.5 Å². The number of nitrogens with one attached hydrogen (secondary N) is 2. The number of carbonyl (C=O) groups excluding carboxylic acids is 3. The van der Waals surface area contributed by atoms with E-state index in [0.717, 1.165) is 4.90 Å². The van der Waals surface area contributed by atoms with Crippen LogP contribution in [0, 0.1) is 11.3 Å². The quantitative estimate of drug-likeness (QED) is 0.635. The third kappa shape index (κ3) is 2.66. The Morgan fingerprint density at radius 3 is 2.44 bits per heavy atom. The van der Waals surface area contributed by atoms with E-state index in [4.69, 9.17) is 0 Å². The van der Waals surface area contributed by atoms with Crippen molar-refractivity contribution < 1.29 is 14.4 Å². The number of amides is 3. The summed E-state index contributed by atoms with van der Waals surface area (Å²) in [4.78, 5) is 38.3. The Morgan fingerprint density at radius 2 is 1.92 bits per heavy atom. The molecule has 1 aromatic heterocycles. The number of fused-ring (bicyclic) bond motifs is 1. The molecule has 0 saturated carbocycles. The van der Waals surface area contributed by atoms with Crippen LogP contribution in [0.25, 0.3) is 0 Å². The molecule has 8 nitrogen and oxygen atoms in total. The van der Waals surface area contributed by atoms with E-state index in [9.17, 15) is 19.6 Å². The number of thioether (sulfide) groups is 1. The highest BCUT2D eigenvalue weighted by Gasteiger charge is 2.40. The van der Waals surface area contributed by atoms with Crippen molar-refractivity contribution in [2.75, 3.05) is 11.6 Å². The minimum atomic E-state index is -1.04. The summed E-state index contributed by atoms with van der Waals surface area (Å²) in [6, 6.07) is 7.34. The molecule has 1 aromatic carbocycles. The highest BCUT2D eigenvalue weighted by atomic mass is 32.2. The predicted octanol–water partition coefficient (Wildman–Crippen LogP) is 1.63. The number of H-pyrrole nitrogens is 1. The lowest BCUT2D eigenvalue weighted by Crippen LogP contribution is -2.45. The van der Waals surface area contributed by atoms with Gasteiger partial charge in [-0.05, 0) is 25.3 Å². The van der Waals surface area contributed by atoms with E-state index in [1.165, 1.54) is 18.7 Å². The van der Waals surface area contributed by atoms with E-state index in [1.54, 1.807) is 30.5 Å². The maximum atomic E-state index is 12.5. The summed E-state index contributed by atoms with van der Waals surface area (Å²) >= 11 is 1.26. The third-order valence-corrected chi connectivity index (χ3v) is 4.56. The average molecular weight is 355 g/mol. The van der Waals surface area contributed by atoms with Crippen molar-refractivity contribution in [2.45, 2.75) is 18.0 Å². The van der Waals surface area contributed by atoms with Gasteiger partial charge < -0.3 is 5.32 Å². The molecule has 1 aliphatic rings. The first-order valence-electron chi connectivity index (χ1n) is 7.29. The SMILES string of the molecule is CSc1n[nH]c(NC(=O)C(C)N2C(=O)c3ccccc3C2=O)c1C#N. The topological polar surface area (TPSA) is 119 Å². The molecule has 1 aliphatic heterocycles. The fraction of sp³-hybridized carbons (Fsp3) is 0.188. The molecule has 9 heteroatoms. The molecular weight excluding hydrogens is 342 g/mol. The van der Waals surface area contributed by atoms with E-state index in [2.05, 4.69) is 15.5 Å². The molecule has 3 amide bonds. The number of aromatic nitrogens is 2. The number of imide groups is 1. The fourth-order valence-electron chi connectivity index (χ4n) is 2.57. The van der Waals surface area contributed by atoms with Crippen LogP contribution in [0.3, 0.4) is 0 Å². The van der Waals surface area contributed by atoms with Crippen molar-refractivity contribution >= 4 is 35.3 Å². The predicted molar refractivity (Wildman–Crippen MR) is 90.1 cm³/mol. The van der Waals surface area contributed by atoms with Gasteiger partial charge >= 0.3 is 0 Å². The van der Waals surface area contributed by atoms with Crippen LogP contribution < -0.4 is 5.32 Å². The molecule has 2 N–H and O–H groups in total. The first-order valence-corrected chi connectivity index (χ1v) is 8.52. The Morgan fingerprint density at radius 1 is 1.32 bits per heavy atom. The van der Waals surface area contributed by atoms with Gasteiger partial charge in [0.15, 0.2) is 0 Å². The lowest BCUT2D eigenvalue weighted by Gasteiger charge is -2.21. The summed E-state index contributed by atoms with van der Waals surface area (Å²) in [6.07, 6.45) is 1.75. The standard InChI is InChI=1S/C16H13N5O3S/c1-8(13(22)18-12-11(7-17)14(25-2)20-19-12)21-15(23)9-5-3-4-6-10(9)16(21)24/h3-6,8H,1-2H3,(H2,18,19,20,22). The second-order valence-electron chi connectivity index (χ2n) is 5.29. The number of rotatable bonds is 4. The Bertz CT molecular complexity index is 895. The van der Waals surface area contributed by atoms with Crippen LogP contribution in [0.5, 0.6) is 0 Å². The number of carbonyl (C=O) groups is 3. The van der Waals surface area contributed by atoms with E-state index >= 15 is 0 Å². The minimum absolute atomic E-state index is 0.139. The number of hydrogen-bond donors (Lipinski definition) is 2. The van der Waals surface area contributed by atoms with Crippen molar-refractivity contribution in [3.8, 4) is 6.07 Å². The Balaban J connectivity index is 1.83. The Hall–Kier alpha value is -3.12. The third-order valence-electron chi connectivity index (χ3n) is 3.88. The highest BCUT2D eigenvalue weighted by molar-refractivity contribution is 7.98. The summed E-state index contributed by atoms with van der Waals surface area (Å²) < 4.78 is 0. The summed E-state index contributed by atoms with van der Waals surface area (Å²) in [5.74, 6) is -1.49. The second kappa shape index (κ2) is 6.41. The molecule has 0 spiro atoms. The van der Waals surface area contributed by atoms with Crippen molar-refractivity contribution in [2.24, 2.45) is 0 Å². The lowest BCUT2D eigenvalue weighted by molar-refractivity contribution is -0.119. The molecular formula is C16H13N5O3S. The highest BCUT2D eigenvalue weighted by Crippen LogP contribution is 2.26. The first kappa shape index (κ1) is 16.7. The summed E-state index contributed by atoms with van der Waals surface area (Å²) in [7, 11) is 0. The van der Waals surface area contributed by atoms with Crippen LogP contribution in [0.2, 0.25) is 0 Å². The Kier molecular flexibility index (Phi) is 4.29. The van der Waals surface area contributed by atoms with Crippen LogP contribution in [0.15, 0.2) is 29.3 Å². The van der Waals surface area contributed by atoms with Crippen molar-refractivity contribution in [1.29, 1.82) is 5.26 Å². The van der Waals surface area contributed by atoms with Gasteiger partial charge in [-0.2, -0.15) is 10.4 Å². The van der Waals surface area contributed by atoms with Gasteiger partial charge in [-0.15, -0.1) is 11.8 Å². The maximum Gasteiger partial charge on any atom is 0.262 e. The molecule has 1 unspecified atom stereocenters. The molecule has 3 rings (SSSR count). The monoisotopic (exact) mass is 355 g/mol. The molecule has 126 valence electrons. The summed E-state index contributed by atoms with van der Waals surface area (Å²) in [6.45, 7) is 1.45. The fourth-order valence-corrected chi connectivity index (χ4v) is 3.06. The van der Waals surface area contributed by atoms with Crippen molar-refractivity contribution in [3.05, 3.63) is 41.0 Å². The lowest BCUT2D eigenvalue weighted by atomic mass is 10.1. The maximum absolute atomic E-state index is 12.5. The van der Waals surface area contributed by atoms with Gasteiger partial charge in [-0.1, -0.05) is 12.1 Å².